The topological polar surface area (TPSA) is 75.2 Å². The fraction of sp³-hybridized carbons (Fsp3) is 0.217. The molecule has 1 aliphatic heterocycles. The van der Waals surface area contributed by atoms with Crippen molar-refractivity contribution in [3.05, 3.63) is 81.6 Å². The van der Waals surface area contributed by atoms with Crippen LogP contribution in [0, 0.1) is 5.41 Å². The fourth-order valence-electron chi connectivity index (χ4n) is 3.39. The Hall–Kier alpha value is -2.41. The minimum Gasteiger partial charge on any atom is -0.489 e. The number of thioether (sulfide) groups is 1. The van der Waals surface area contributed by atoms with Crippen LogP contribution in [0.1, 0.15) is 16.7 Å². The minimum atomic E-state index is 0.194. The summed E-state index contributed by atoms with van der Waals surface area (Å²) in [7, 11) is 0. The zero-order valence-electron chi connectivity index (χ0n) is 16.8. The van der Waals surface area contributed by atoms with Crippen LogP contribution in [0.15, 0.2) is 54.9 Å². The van der Waals surface area contributed by atoms with E-state index in [0.29, 0.717) is 38.3 Å². The van der Waals surface area contributed by atoms with Crippen molar-refractivity contribution in [1.29, 1.82) is 5.41 Å². The number of rotatable bonds is 6. The van der Waals surface area contributed by atoms with Gasteiger partial charge in [0.05, 0.1) is 15.8 Å². The number of hydrogen-bond acceptors (Lipinski definition) is 6. The van der Waals surface area contributed by atoms with Crippen molar-refractivity contribution in [2.24, 2.45) is 0 Å². The second-order valence-electron chi connectivity index (χ2n) is 7.14. The smallest absolute Gasteiger partial charge is 0.120 e. The maximum atomic E-state index is 8.68. The first kappa shape index (κ1) is 21.8. The van der Waals surface area contributed by atoms with Crippen LogP contribution in [-0.4, -0.2) is 35.3 Å². The lowest BCUT2D eigenvalue weighted by atomic mass is 10.00. The number of ether oxygens (including phenoxy) is 1. The van der Waals surface area contributed by atoms with Crippen LogP contribution < -0.4 is 15.4 Å². The first-order valence-corrected chi connectivity index (χ1v) is 11.8. The Kier molecular flexibility index (Phi) is 6.90. The number of nitrogens with two attached hydrogens (primary N) is 1. The Morgan fingerprint density at radius 1 is 1.06 bits per heavy atom. The molecule has 2 aromatic carbocycles. The number of halogens is 2. The molecule has 0 bridgehead atoms. The maximum Gasteiger partial charge on any atom is 0.120 e. The van der Waals surface area contributed by atoms with Crippen LogP contribution in [0.4, 0.5) is 11.4 Å². The molecular weight excluding hydrogens is 451 g/mol. The molecule has 1 aliphatic rings. The molecule has 4 rings (SSSR count). The average molecular weight is 473 g/mol. The third-order valence-electron chi connectivity index (χ3n) is 5.16. The lowest BCUT2D eigenvalue weighted by Gasteiger charge is -2.28. The normalized spacial score (nSPS) is 13.8. The Labute approximate surface area is 196 Å². The first-order chi connectivity index (χ1) is 15.0. The summed E-state index contributed by atoms with van der Waals surface area (Å²) in [6.45, 7) is 2.30. The summed E-state index contributed by atoms with van der Waals surface area (Å²) in [5.41, 5.74) is 10.3. The molecule has 1 fully saturated rings. The molecule has 160 valence electrons. The van der Waals surface area contributed by atoms with Crippen LogP contribution in [0.2, 0.25) is 10.0 Å². The molecular formula is C23H22Cl2N4OS. The quantitative estimate of drug-likeness (QED) is 0.364. The van der Waals surface area contributed by atoms with Crippen molar-refractivity contribution in [2.75, 3.05) is 35.2 Å². The highest BCUT2D eigenvalue weighted by Crippen LogP contribution is 2.28. The van der Waals surface area contributed by atoms with Gasteiger partial charge in [-0.2, -0.15) is 11.8 Å². The number of aromatic nitrogens is 1. The first-order valence-electron chi connectivity index (χ1n) is 9.85. The maximum absolute atomic E-state index is 8.68. The van der Waals surface area contributed by atoms with E-state index in [4.69, 9.17) is 39.1 Å². The van der Waals surface area contributed by atoms with E-state index in [1.54, 1.807) is 18.2 Å². The van der Waals surface area contributed by atoms with E-state index in [-0.39, 0.29) is 6.61 Å². The van der Waals surface area contributed by atoms with Gasteiger partial charge in [-0.3, -0.25) is 10.4 Å². The molecule has 0 atom stereocenters. The highest BCUT2D eigenvalue weighted by Gasteiger charge is 2.14. The van der Waals surface area contributed by atoms with Gasteiger partial charge in [0.2, 0.25) is 0 Å². The Bertz CT molecular complexity index is 1070. The Morgan fingerprint density at radius 2 is 1.74 bits per heavy atom. The van der Waals surface area contributed by atoms with Gasteiger partial charge >= 0.3 is 0 Å². The van der Waals surface area contributed by atoms with Crippen molar-refractivity contribution in [3.63, 3.8) is 0 Å². The lowest BCUT2D eigenvalue weighted by Crippen LogP contribution is -2.32. The number of benzene rings is 2. The number of hydrogen-bond donors (Lipinski definition) is 2. The summed E-state index contributed by atoms with van der Waals surface area (Å²) in [6.07, 6.45) is 3.06. The molecule has 1 saturated heterocycles. The molecule has 0 saturated carbocycles. The lowest BCUT2D eigenvalue weighted by molar-refractivity contribution is 0.306. The summed E-state index contributed by atoms with van der Waals surface area (Å²) in [6, 6.07) is 13.4. The van der Waals surface area contributed by atoms with Crippen molar-refractivity contribution >= 4 is 52.1 Å². The van der Waals surface area contributed by atoms with Crippen LogP contribution in [0.3, 0.4) is 0 Å². The molecule has 0 unspecified atom stereocenters. The van der Waals surface area contributed by atoms with Gasteiger partial charge < -0.3 is 15.4 Å². The summed E-state index contributed by atoms with van der Waals surface area (Å²) < 4.78 is 5.88. The highest BCUT2D eigenvalue weighted by atomic mass is 35.5. The van der Waals surface area contributed by atoms with Gasteiger partial charge in [-0.25, -0.2) is 0 Å². The van der Waals surface area contributed by atoms with Gasteiger partial charge in [-0.05, 0) is 30.3 Å². The number of nitrogen functional groups attached to an aromatic ring is 1. The molecule has 0 radical (unpaired) electrons. The third-order valence-corrected chi connectivity index (χ3v) is 6.76. The molecule has 8 heteroatoms. The van der Waals surface area contributed by atoms with Gasteiger partial charge in [0, 0.05) is 65.1 Å². The fourth-order valence-corrected chi connectivity index (χ4v) is 4.77. The van der Waals surface area contributed by atoms with Crippen LogP contribution >= 0.6 is 35.0 Å². The van der Waals surface area contributed by atoms with Crippen LogP contribution in [0.5, 0.6) is 5.75 Å². The monoisotopic (exact) mass is 472 g/mol. The standard InChI is InChI=1S/C23H22Cl2N4OS/c24-20-12-28-13-21(25)19(20)14-30-17-5-6-22(26)18(11-17)23(27)15-1-3-16(4-2-15)29-7-9-31-10-8-29/h1-6,11-13,27H,7-10,14,26H2. The molecule has 3 aromatic rings. The molecule has 0 aliphatic carbocycles. The van der Waals surface area contributed by atoms with Crippen LogP contribution in [-0.2, 0) is 6.61 Å². The van der Waals surface area contributed by atoms with Gasteiger partial charge in [0.25, 0.3) is 0 Å². The molecule has 0 amide bonds. The zero-order chi connectivity index (χ0) is 21.8. The predicted octanol–water partition coefficient (Wildman–Crippen LogP) is 5.52. The molecule has 1 aromatic heterocycles. The van der Waals surface area contributed by atoms with E-state index in [1.807, 2.05) is 23.9 Å². The average Bonchev–Trinajstić information content (AvgIpc) is 2.80. The van der Waals surface area contributed by atoms with Crippen LogP contribution in [0.25, 0.3) is 0 Å². The van der Waals surface area contributed by atoms with E-state index >= 15 is 0 Å². The summed E-state index contributed by atoms with van der Waals surface area (Å²) in [4.78, 5) is 6.33. The second kappa shape index (κ2) is 9.81. The largest absolute Gasteiger partial charge is 0.489 e. The number of pyridine rings is 1. The number of anilines is 2. The van der Waals surface area contributed by atoms with Crippen molar-refractivity contribution < 1.29 is 4.74 Å². The van der Waals surface area contributed by atoms with E-state index in [0.717, 1.165) is 30.2 Å². The molecule has 0 spiro atoms. The van der Waals surface area contributed by atoms with Gasteiger partial charge in [0.1, 0.15) is 12.4 Å². The highest BCUT2D eigenvalue weighted by molar-refractivity contribution is 7.99. The van der Waals surface area contributed by atoms with E-state index < -0.39 is 0 Å². The third kappa shape index (κ3) is 5.09. The molecule has 5 nitrogen and oxygen atoms in total. The predicted molar refractivity (Wildman–Crippen MR) is 131 cm³/mol. The second-order valence-corrected chi connectivity index (χ2v) is 9.18. The van der Waals surface area contributed by atoms with E-state index in [1.165, 1.54) is 18.1 Å². The van der Waals surface area contributed by atoms with E-state index in [2.05, 4.69) is 22.0 Å². The van der Waals surface area contributed by atoms with E-state index in [9.17, 15) is 0 Å². The zero-order valence-corrected chi connectivity index (χ0v) is 19.1. The van der Waals surface area contributed by atoms with Crippen molar-refractivity contribution in [2.45, 2.75) is 6.61 Å². The summed E-state index contributed by atoms with van der Waals surface area (Å²) >= 11 is 14.3. The summed E-state index contributed by atoms with van der Waals surface area (Å²) in [5.74, 6) is 2.88. The number of nitrogens with zero attached hydrogens (tertiary/aromatic N) is 2. The molecule has 3 N–H and O–H groups in total. The molecule has 31 heavy (non-hydrogen) atoms. The molecule has 2 heterocycles. The van der Waals surface area contributed by atoms with Crippen molar-refractivity contribution in [3.8, 4) is 5.75 Å². The van der Waals surface area contributed by atoms with Gasteiger partial charge in [0.15, 0.2) is 0 Å². The summed E-state index contributed by atoms with van der Waals surface area (Å²) in [5, 5.41) is 9.58. The SMILES string of the molecule is N=C(c1ccc(N2CCSCC2)cc1)c1cc(OCc2c(Cl)cncc2Cl)ccc1N. The van der Waals surface area contributed by atoms with Gasteiger partial charge in [-0.15, -0.1) is 0 Å². The Balaban J connectivity index is 1.50. The van der Waals surface area contributed by atoms with Crippen molar-refractivity contribution in [1.82, 2.24) is 4.98 Å². The number of nitrogens with one attached hydrogen (secondary N) is 1. The minimum absolute atomic E-state index is 0.194. The Morgan fingerprint density at radius 3 is 2.42 bits per heavy atom. The van der Waals surface area contributed by atoms with Gasteiger partial charge in [-0.1, -0.05) is 35.3 Å².